The molecule has 2 N–H and O–H groups in total. The van der Waals surface area contributed by atoms with Crippen LogP contribution >= 0.6 is 11.3 Å². The first-order valence-corrected chi connectivity index (χ1v) is 5.34. The van der Waals surface area contributed by atoms with E-state index in [4.69, 9.17) is 5.73 Å². The number of nitrogens with two attached hydrogens (primary N) is 1. The first-order chi connectivity index (χ1) is 5.66. The molecular weight excluding hydrogens is 166 g/mol. The predicted molar refractivity (Wildman–Crippen MR) is 55.4 cm³/mol. The molecule has 1 heterocycles. The molecule has 68 valence electrons. The lowest BCUT2D eigenvalue weighted by Gasteiger charge is -2.17. The zero-order valence-electron chi connectivity index (χ0n) is 8.00. The highest BCUT2D eigenvalue weighted by molar-refractivity contribution is 7.10. The maximum Gasteiger partial charge on any atom is 0.0418 e. The first kappa shape index (κ1) is 9.75. The Balaban J connectivity index is 2.77. The van der Waals surface area contributed by atoms with E-state index < -0.39 is 0 Å². The van der Waals surface area contributed by atoms with Crippen molar-refractivity contribution < 1.29 is 0 Å². The van der Waals surface area contributed by atoms with E-state index in [1.54, 1.807) is 11.3 Å². The third-order valence-electron chi connectivity index (χ3n) is 2.46. The van der Waals surface area contributed by atoms with Crippen molar-refractivity contribution in [2.24, 2.45) is 11.7 Å². The fourth-order valence-electron chi connectivity index (χ4n) is 1.24. The zero-order valence-corrected chi connectivity index (χ0v) is 8.82. The van der Waals surface area contributed by atoms with Crippen molar-refractivity contribution in [1.82, 2.24) is 0 Å². The average Bonchev–Trinajstić information content (AvgIpc) is 2.48. The summed E-state index contributed by atoms with van der Waals surface area (Å²) in [6.45, 7) is 6.53. The molecule has 0 bridgehead atoms. The molecule has 0 aliphatic carbocycles. The molecule has 0 fully saturated rings. The molecule has 0 aliphatic heterocycles. The number of thiophene rings is 1. The highest BCUT2D eigenvalue weighted by Crippen LogP contribution is 2.28. The Hall–Kier alpha value is -0.340. The summed E-state index contributed by atoms with van der Waals surface area (Å²) in [6, 6.07) is 2.37. The number of hydrogen-bond acceptors (Lipinski definition) is 2. The van der Waals surface area contributed by atoms with Crippen molar-refractivity contribution in [2.45, 2.75) is 33.2 Å². The van der Waals surface area contributed by atoms with E-state index in [9.17, 15) is 0 Å². The van der Waals surface area contributed by atoms with Crippen molar-refractivity contribution in [3.8, 4) is 0 Å². The molecule has 2 heteroatoms. The lowest BCUT2D eigenvalue weighted by atomic mass is 9.97. The Labute approximate surface area is 78.6 Å². The molecule has 1 nitrogen and oxygen atoms in total. The fourth-order valence-corrected chi connectivity index (χ4v) is 2.30. The van der Waals surface area contributed by atoms with Crippen LogP contribution in [0.2, 0.25) is 0 Å². The van der Waals surface area contributed by atoms with Crippen LogP contribution in [0.5, 0.6) is 0 Å². The molecule has 0 saturated heterocycles. The Morgan fingerprint density at radius 1 is 1.58 bits per heavy atom. The minimum Gasteiger partial charge on any atom is -0.323 e. The summed E-state index contributed by atoms with van der Waals surface area (Å²) in [5, 5.41) is 2.12. The molecule has 12 heavy (non-hydrogen) atoms. The van der Waals surface area contributed by atoms with Crippen LogP contribution in [-0.4, -0.2) is 0 Å². The Kier molecular flexibility index (Phi) is 3.29. The molecule has 1 aromatic rings. The molecule has 0 saturated carbocycles. The standard InChI is InChI=1S/C10H17NS/c1-4-7(2)9(11)10-8(3)5-6-12-10/h5-7,9H,4,11H2,1-3H3. The molecule has 0 aromatic carbocycles. The molecule has 2 atom stereocenters. The van der Waals surface area contributed by atoms with Gasteiger partial charge in [-0.2, -0.15) is 0 Å². The van der Waals surface area contributed by atoms with Gasteiger partial charge in [0.25, 0.3) is 0 Å². The fraction of sp³-hybridized carbons (Fsp3) is 0.600. The number of hydrogen-bond donors (Lipinski definition) is 1. The van der Waals surface area contributed by atoms with Gasteiger partial charge in [0.05, 0.1) is 0 Å². The largest absolute Gasteiger partial charge is 0.323 e. The normalized spacial score (nSPS) is 16.0. The summed E-state index contributed by atoms with van der Waals surface area (Å²) in [4.78, 5) is 1.35. The molecule has 2 unspecified atom stereocenters. The Bertz CT molecular complexity index is 242. The van der Waals surface area contributed by atoms with Crippen LogP contribution < -0.4 is 5.73 Å². The molecule has 0 radical (unpaired) electrons. The van der Waals surface area contributed by atoms with E-state index in [-0.39, 0.29) is 6.04 Å². The summed E-state index contributed by atoms with van der Waals surface area (Å²) >= 11 is 1.78. The summed E-state index contributed by atoms with van der Waals surface area (Å²) in [6.07, 6.45) is 1.15. The minimum atomic E-state index is 0.231. The van der Waals surface area contributed by atoms with Crippen LogP contribution in [0.3, 0.4) is 0 Å². The van der Waals surface area contributed by atoms with Crippen LogP contribution in [0.15, 0.2) is 11.4 Å². The van der Waals surface area contributed by atoms with Gasteiger partial charge in [0.15, 0.2) is 0 Å². The molecule has 0 spiro atoms. The molecule has 0 aliphatic rings. The van der Waals surface area contributed by atoms with Gasteiger partial charge >= 0.3 is 0 Å². The minimum absolute atomic E-state index is 0.231. The highest BCUT2D eigenvalue weighted by atomic mass is 32.1. The Morgan fingerprint density at radius 3 is 2.67 bits per heavy atom. The van der Waals surface area contributed by atoms with Gasteiger partial charge in [-0.15, -0.1) is 11.3 Å². The average molecular weight is 183 g/mol. The SMILES string of the molecule is CCC(C)C(N)c1sccc1C. The maximum atomic E-state index is 6.10. The van der Waals surface area contributed by atoms with Gasteiger partial charge in [0, 0.05) is 10.9 Å². The third-order valence-corrected chi connectivity index (χ3v) is 3.58. The summed E-state index contributed by atoms with van der Waals surface area (Å²) < 4.78 is 0. The summed E-state index contributed by atoms with van der Waals surface area (Å²) in [5.74, 6) is 0.586. The quantitative estimate of drug-likeness (QED) is 0.765. The van der Waals surface area contributed by atoms with E-state index in [0.717, 1.165) is 6.42 Å². The maximum absolute atomic E-state index is 6.10. The highest BCUT2D eigenvalue weighted by Gasteiger charge is 2.15. The third kappa shape index (κ3) is 1.87. The number of rotatable bonds is 3. The van der Waals surface area contributed by atoms with E-state index in [1.807, 2.05) is 0 Å². The van der Waals surface area contributed by atoms with Gasteiger partial charge in [0.2, 0.25) is 0 Å². The molecule has 1 aromatic heterocycles. The van der Waals surface area contributed by atoms with Gasteiger partial charge in [-0.1, -0.05) is 20.3 Å². The van der Waals surface area contributed by atoms with Crippen LogP contribution in [0.1, 0.15) is 36.8 Å². The lowest BCUT2D eigenvalue weighted by Crippen LogP contribution is -2.17. The summed E-state index contributed by atoms with van der Waals surface area (Å²) in [7, 11) is 0. The van der Waals surface area contributed by atoms with Crippen LogP contribution in [0, 0.1) is 12.8 Å². The topological polar surface area (TPSA) is 26.0 Å². The van der Waals surface area contributed by atoms with Crippen molar-refractivity contribution in [3.05, 3.63) is 21.9 Å². The second-order valence-electron chi connectivity index (χ2n) is 3.38. The van der Waals surface area contributed by atoms with Crippen molar-refractivity contribution in [1.29, 1.82) is 0 Å². The van der Waals surface area contributed by atoms with Crippen molar-refractivity contribution in [3.63, 3.8) is 0 Å². The smallest absolute Gasteiger partial charge is 0.0418 e. The van der Waals surface area contributed by atoms with Crippen LogP contribution in [0.4, 0.5) is 0 Å². The van der Waals surface area contributed by atoms with E-state index in [0.29, 0.717) is 5.92 Å². The van der Waals surface area contributed by atoms with Crippen LogP contribution in [0.25, 0.3) is 0 Å². The van der Waals surface area contributed by atoms with Crippen molar-refractivity contribution in [2.75, 3.05) is 0 Å². The first-order valence-electron chi connectivity index (χ1n) is 4.46. The van der Waals surface area contributed by atoms with E-state index in [2.05, 4.69) is 32.2 Å². The molecular formula is C10H17NS. The lowest BCUT2D eigenvalue weighted by molar-refractivity contribution is 0.461. The monoisotopic (exact) mass is 183 g/mol. The van der Waals surface area contributed by atoms with E-state index >= 15 is 0 Å². The Morgan fingerprint density at radius 2 is 2.25 bits per heavy atom. The molecule has 0 amide bonds. The zero-order chi connectivity index (χ0) is 9.14. The van der Waals surface area contributed by atoms with Gasteiger partial charge < -0.3 is 5.73 Å². The molecule has 1 rings (SSSR count). The van der Waals surface area contributed by atoms with Gasteiger partial charge in [-0.3, -0.25) is 0 Å². The predicted octanol–water partition coefficient (Wildman–Crippen LogP) is 3.10. The number of aryl methyl sites for hydroxylation is 1. The van der Waals surface area contributed by atoms with Crippen molar-refractivity contribution >= 4 is 11.3 Å². The van der Waals surface area contributed by atoms with Crippen LogP contribution in [-0.2, 0) is 0 Å². The second kappa shape index (κ2) is 4.06. The summed E-state index contributed by atoms with van der Waals surface area (Å²) in [5.41, 5.74) is 7.45. The van der Waals surface area contributed by atoms with Gasteiger partial charge in [0.1, 0.15) is 0 Å². The van der Waals surface area contributed by atoms with E-state index in [1.165, 1.54) is 10.4 Å². The van der Waals surface area contributed by atoms with Gasteiger partial charge in [-0.25, -0.2) is 0 Å². The van der Waals surface area contributed by atoms with Gasteiger partial charge in [-0.05, 0) is 29.9 Å². The second-order valence-corrected chi connectivity index (χ2v) is 4.33.